The van der Waals surface area contributed by atoms with Gasteiger partial charge in [-0.25, -0.2) is 0 Å². The fourth-order valence-electron chi connectivity index (χ4n) is 1.65. The lowest BCUT2D eigenvalue weighted by molar-refractivity contribution is 1.34. The van der Waals surface area contributed by atoms with Gasteiger partial charge in [0.25, 0.3) is 0 Å². The number of nitriles is 2. The molecular formula is C14H8N2S. The third-order valence-corrected chi connectivity index (χ3v) is 2.96. The molecule has 0 bridgehead atoms. The van der Waals surface area contributed by atoms with Crippen LogP contribution in [0.15, 0.2) is 47.4 Å². The van der Waals surface area contributed by atoms with Crippen LogP contribution in [0.1, 0.15) is 11.1 Å². The van der Waals surface area contributed by atoms with Gasteiger partial charge in [-0.05, 0) is 17.2 Å². The third kappa shape index (κ3) is 2.01. The molecule has 2 nitrogen and oxygen atoms in total. The van der Waals surface area contributed by atoms with Crippen molar-refractivity contribution in [3.05, 3.63) is 53.6 Å². The molecule has 0 aromatic heterocycles. The second-order valence-electron chi connectivity index (χ2n) is 3.47. The first-order valence-corrected chi connectivity index (χ1v) is 5.44. The van der Waals surface area contributed by atoms with E-state index in [1.807, 2.05) is 48.5 Å². The zero-order valence-corrected chi connectivity index (χ0v) is 9.78. The number of benzene rings is 2. The summed E-state index contributed by atoms with van der Waals surface area (Å²) in [6.07, 6.45) is 0. The summed E-state index contributed by atoms with van der Waals surface area (Å²) >= 11 is 4.35. The maximum absolute atomic E-state index is 9.05. The normalized spacial score (nSPS) is 9.35. The van der Waals surface area contributed by atoms with E-state index in [1.54, 1.807) is 6.07 Å². The maximum atomic E-state index is 9.05. The molecule has 3 heteroatoms. The van der Waals surface area contributed by atoms with Crippen molar-refractivity contribution in [2.24, 2.45) is 0 Å². The van der Waals surface area contributed by atoms with Crippen molar-refractivity contribution in [1.82, 2.24) is 0 Å². The van der Waals surface area contributed by atoms with Crippen LogP contribution >= 0.6 is 12.6 Å². The molecule has 0 aliphatic heterocycles. The van der Waals surface area contributed by atoms with E-state index in [0.717, 1.165) is 11.1 Å². The van der Waals surface area contributed by atoms with Gasteiger partial charge in [-0.15, -0.1) is 12.6 Å². The van der Waals surface area contributed by atoms with E-state index in [9.17, 15) is 0 Å². The van der Waals surface area contributed by atoms with Crippen molar-refractivity contribution in [2.45, 2.75) is 4.90 Å². The fourth-order valence-corrected chi connectivity index (χ4v) is 2.02. The number of hydrogen-bond acceptors (Lipinski definition) is 3. The lowest BCUT2D eigenvalue weighted by Gasteiger charge is -2.07. The minimum absolute atomic E-state index is 0.331. The van der Waals surface area contributed by atoms with Gasteiger partial charge < -0.3 is 0 Å². The van der Waals surface area contributed by atoms with Crippen LogP contribution in [0.5, 0.6) is 0 Å². The van der Waals surface area contributed by atoms with E-state index in [1.165, 1.54) is 0 Å². The van der Waals surface area contributed by atoms with E-state index in [2.05, 4.69) is 12.6 Å². The molecule has 0 atom stereocenters. The van der Waals surface area contributed by atoms with Crippen LogP contribution in [-0.4, -0.2) is 0 Å². The Balaban J connectivity index is 2.68. The van der Waals surface area contributed by atoms with Gasteiger partial charge in [0.1, 0.15) is 12.1 Å². The van der Waals surface area contributed by atoms with Crippen LogP contribution in [0.25, 0.3) is 11.1 Å². The van der Waals surface area contributed by atoms with Crippen LogP contribution in [0, 0.1) is 22.7 Å². The summed E-state index contributed by atoms with van der Waals surface area (Å²) in [7, 11) is 0. The van der Waals surface area contributed by atoms with Crippen molar-refractivity contribution < 1.29 is 0 Å². The van der Waals surface area contributed by atoms with Gasteiger partial charge in [-0.3, -0.25) is 0 Å². The monoisotopic (exact) mass is 236 g/mol. The number of hydrogen-bond donors (Lipinski definition) is 1. The largest absolute Gasteiger partial charge is 0.192 e. The summed E-state index contributed by atoms with van der Waals surface area (Å²) < 4.78 is 0. The molecule has 2 aromatic carbocycles. The lowest BCUT2D eigenvalue weighted by Crippen LogP contribution is -1.89. The summed E-state index contributed by atoms with van der Waals surface area (Å²) in [5.41, 5.74) is 2.54. The molecule has 0 saturated carbocycles. The van der Waals surface area contributed by atoms with Crippen molar-refractivity contribution in [3.63, 3.8) is 0 Å². The average Bonchev–Trinajstić information content (AvgIpc) is 2.39. The number of rotatable bonds is 1. The van der Waals surface area contributed by atoms with Gasteiger partial charge in [0.05, 0.1) is 11.1 Å². The first-order valence-electron chi connectivity index (χ1n) is 4.99. The highest BCUT2D eigenvalue weighted by Crippen LogP contribution is 2.30. The molecule has 0 saturated heterocycles. The Morgan fingerprint density at radius 3 is 2.18 bits per heavy atom. The van der Waals surface area contributed by atoms with E-state index in [0.29, 0.717) is 16.0 Å². The van der Waals surface area contributed by atoms with Crippen molar-refractivity contribution in [3.8, 4) is 23.3 Å². The average molecular weight is 236 g/mol. The molecule has 0 unspecified atom stereocenters. The minimum atomic E-state index is 0.331. The van der Waals surface area contributed by atoms with Crippen molar-refractivity contribution in [2.75, 3.05) is 0 Å². The van der Waals surface area contributed by atoms with Gasteiger partial charge in [0.2, 0.25) is 0 Å². The van der Waals surface area contributed by atoms with Crippen molar-refractivity contribution in [1.29, 1.82) is 10.5 Å². The maximum Gasteiger partial charge on any atom is 0.102 e. The second-order valence-corrected chi connectivity index (χ2v) is 3.92. The van der Waals surface area contributed by atoms with E-state index in [4.69, 9.17) is 10.5 Å². The van der Waals surface area contributed by atoms with E-state index >= 15 is 0 Å². The summed E-state index contributed by atoms with van der Waals surface area (Å²) in [5.74, 6) is 0. The van der Waals surface area contributed by atoms with Gasteiger partial charge in [-0.2, -0.15) is 10.5 Å². The van der Waals surface area contributed by atoms with E-state index in [-0.39, 0.29) is 0 Å². The predicted molar refractivity (Wildman–Crippen MR) is 68.6 cm³/mol. The Morgan fingerprint density at radius 1 is 0.882 bits per heavy atom. The third-order valence-electron chi connectivity index (χ3n) is 2.49. The highest BCUT2D eigenvalue weighted by molar-refractivity contribution is 7.80. The van der Waals surface area contributed by atoms with Crippen LogP contribution in [0.2, 0.25) is 0 Å². The Hall–Kier alpha value is -2.23. The SMILES string of the molecule is N#Cc1ccc(-c2ccccc2)c(S)c1C#N. The molecule has 0 fully saturated rings. The van der Waals surface area contributed by atoms with Gasteiger partial charge >= 0.3 is 0 Å². The predicted octanol–water partition coefficient (Wildman–Crippen LogP) is 3.39. The molecule has 0 N–H and O–H groups in total. The topological polar surface area (TPSA) is 47.6 Å². The van der Waals surface area contributed by atoms with Crippen LogP contribution in [0.4, 0.5) is 0 Å². The minimum Gasteiger partial charge on any atom is -0.192 e. The Kier molecular flexibility index (Phi) is 3.14. The first-order chi connectivity index (χ1) is 8.27. The Bertz CT molecular complexity index is 634. The summed E-state index contributed by atoms with van der Waals surface area (Å²) in [5, 5.41) is 18.0. The molecule has 0 heterocycles. The molecule has 0 amide bonds. The smallest absolute Gasteiger partial charge is 0.102 e. The Morgan fingerprint density at radius 2 is 1.59 bits per heavy atom. The van der Waals surface area contributed by atoms with Gasteiger partial charge in [-0.1, -0.05) is 36.4 Å². The molecule has 0 aliphatic rings. The van der Waals surface area contributed by atoms with Crippen LogP contribution < -0.4 is 0 Å². The zero-order valence-electron chi connectivity index (χ0n) is 8.88. The molecular weight excluding hydrogens is 228 g/mol. The Labute approximate surface area is 105 Å². The molecule has 2 rings (SSSR count). The quantitative estimate of drug-likeness (QED) is 0.771. The van der Waals surface area contributed by atoms with E-state index < -0.39 is 0 Å². The van der Waals surface area contributed by atoms with Crippen molar-refractivity contribution >= 4 is 12.6 Å². The molecule has 0 aliphatic carbocycles. The fraction of sp³-hybridized carbons (Fsp3) is 0. The summed E-state index contributed by atoms with van der Waals surface area (Å²) in [4.78, 5) is 0.553. The zero-order chi connectivity index (χ0) is 12.3. The van der Waals surface area contributed by atoms with Crippen LogP contribution in [0.3, 0.4) is 0 Å². The molecule has 80 valence electrons. The summed E-state index contributed by atoms with van der Waals surface area (Å²) in [6.45, 7) is 0. The van der Waals surface area contributed by atoms with Gasteiger partial charge in [0, 0.05) is 4.90 Å². The van der Waals surface area contributed by atoms with Crippen LogP contribution in [-0.2, 0) is 0 Å². The molecule has 0 radical (unpaired) electrons. The molecule has 2 aromatic rings. The number of thiol groups is 1. The molecule has 0 spiro atoms. The lowest BCUT2D eigenvalue weighted by atomic mass is 10.00. The molecule has 17 heavy (non-hydrogen) atoms. The number of nitrogens with zero attached hydrogens (tertiary/aromatic N) is 2. The summed E-state index contributed by atoms with van der Waals surface area (Å²) in [6, 6.07) is 17.2. The highest BCUT2D eigenvalue weighted by atomic mass is 32.1. The second kappa shape index (κ2) is 4.74. The standard InChI is InChI=1S/C14H8N2S/c15-8-11-6-7-12(14(17)13(11)9-16)10-4-2-1-3-5-10/h1-7,17H. The highest BCUT2D eigenvalue weighted by Gasteiger charge is 2.11. The first kappa shape index (κ1) is 11.3. The van der Waals surface area contributed by atoms with Gasteiger partial charge in [0.15, 0.2) is 0 Å².